The van der Waals surface area contributed by atoms with E-state index >= 15 is 0 Å². The number of nitriles is 1. The summed E-state index contributed by atoms with van der Waals surface area (Å²) in [7, 11) is 0. The lowest BCUT2D eigenvalue weighted by Crippen LogP contribution is -2.41. The van der Waals surface area contributed by atoms with Crippen LogP contribution in [0.25, 0.3) is 0 Å². The second-order valence-corrected chi connectivity index (χ2v) is 7.81. The number of nitrogens with zero attached hydrogens (tertiary/aromatic N) is 3. The summed E-state index contributed by atoms with van der Waals surface area (Å²) in [5.41, 5.74) is 2.71. The van der Waals surface area contributed by atoms with Crippen LogP contribution in [0.5, 0.6) is 0 Å². The number of rotatable bonds is 4. The van der Waals surface area contributed by atoms with Crippen molar-refractivity contribution in [2.45, 2.75) is 62.4 Å². The molecule has 1 amide bonds. The van der Waals surface area contributed by atoms with E-state index in [9.17, 15) is 20.0 Å². The SMILES string of the molecule is N#Cc1cc2c(nc1SCC(=O)N1CCC[C@H]1C(=O)O)CCCCCC2. The molecule has 1 aromatic heterocycles. The molecule has 1 atom stereocenters. The highest BCUT2D eigenvalue weighted by Gasteiger charge is 2.33. The predicted octanol–water partition coefficient (Wildman–Crippen LogP) is 2.78. The largest absolute Gasteiger partial charge is 0.480 e. The van der Waals surface area contributed by atoms with Crippen LogP contribution < -0.4 is 0 Å². The van der Waals surface area contributed by atoms with E-state index in [0.29, 0.717) is 30.0 Å². The number of hydrogen-bond donors (Lipinski definition) is 1. The number of hydrogen-bond acceptors (Lipinski definition) is 5. The number of carbonyl (C=O) groups is 2. The van der Waals surface area contributed by atoms with Crippen molar-refractivity contribution < 1.29 is 14.7 Å². The fourth-order valence-electron chi connectivity index (χ4n) is 3.69. The zero-order valence-electron chi connectivity index (χ0n) is 14.7. The van der Waals surface area contributed by atoms with Crippen molar-refractivity contribution in [3.8, 4) is 6.07 Å². The van der Waals surface area contributed by atoms with Crippen molar-refractivity contribution in [3.05, 3.63) is 22.9 Å². The molecule has 1 N–H and O–H groups in total. The quantitative estimate of drug-likeness (QED) is 0.816. The summed E-state index contributed by atoms with van der Waals surface area (Å²) in [5, 5.41) is 19.3. The van der Waals surface area contributed by atoms with E-state index in [2.05, 4.69) is 6.07 Å². The summed E-state index contributed by atoms with van der Waals surface area (Å²) in [6.07, 6.45) is 7.73. The zero-order chi connectivity index (χ0) is 18.5. The average molecular weight is 373 g/mol. The first-order valence-corrected chi connectivity index (χ1v) is 10.2. The third-order valence-corrected chi connectivity index (χ3v) is 6.05. The van der Waals surface area contributed by atoms with Crippen molar-refractivity contribution in [1.82, 2.24) is 9.88 Å². The monoisotopic (exact) mass is 373 g/mol. The van der Waals surface area contributed by atoms with Crippen molar-refractivity contribution in [3.63, 3.8) is 0 Å². The van der Waals surface area contributed by atoms with Gasteiger partial charge in [0.1, 0.15) is 17.1 Å². The highest BCUT2D eigenvalue weighted by atomic mass is 32.2. The first-order chi connectivity index (χ1) is 12.6. The molecule has 0 unspecified atom stereocenters. The lowest BCUT2D eigenvalue weighted by Gasteiger charge is -2.21. The zero-order valence-corrected chi connectivity index (χ0v) is 15.6. The molecule has 0 saturated carbocycles. The summed E-state index contributed by atoms with van der Waals surface area (Å²) in [6.45, 7) is 0.485. The topological polar surface area (TPSA) is 94.3 Å². The fourth-order valence-corrected chi connectivity index (χ4v) is 4.55. The molecular formula is C19H23N3O3S. The molecule has 1 saturated heterocycles. The van der Waals surface area contributed by atoms with E-state index in [1.165, 1.54) is 29.5 Å². The van der Waals surface area contributed by atoms with Crippen LogP contribution in [0.4, 0.5) is 0 Å². The van der Waals surface area contributed by atoms with Crippen molar-refractivity contribution >= 4 is 23.6 Å². The van der Waals surface area contributed by atoms with Crippen LogP contribution in [0.2, 0.25) is 0 Å². The van der Waals surface area contributed by atoms with Crippen molar-refractivity contribution in [2.75, 3.05) is 12.3 Å². The van der Waals surface area contributed by atoms with E-state index in [-0.39, 0.29) is 11.7 Å². The van der Waals surface area contributed by atoms with Crippen molar-refractivity contribution in [2.24, 2.45) is 0 Å². The van der Waals surface area contributed by atoms with Crippen LogP contribution in [-0.2, 0) is 22.4 Å². The molecule has 1 fully saturated rings. The highest BCUT2D eigenvalue weighted by Crippen LogP contribution is 2.27. The normalized spacial score (nSPS) is 20.0. The van der Waals surface area contributed by atoms with E-state index in [0.717, 1.165) is 36.9 Å². The molecule has 1 aromatic rings. The molecule has 2 heterocycles. The summed E-state index contributed by atoms with van der Waals surface area (Å²) in [6, 6.07) is 3.41. The molecule has 2 aliphatic rings. The van der Waals surface area contributed by atoms with Crippen LogP contribution in [-0.4, -0.2) is 45.2 Å². The van der Waals surface area contributed by atoms with Gasteiger partial charge in [-0.15, -0.1) is 0 Å². The molecule has 0 bridgehead atoms. The van der Waals surface area contributed by atoms with Gasteiger partial charge in [-0.05, 0) is 50.2 Å². The predicted molar refractivity (Wildman–Crippen MR) is 97.9 cm³/mol. The molecule has 0 radical (unpaired) electrons. The Bertz CT molecular complexity index is 744. The lowest BCUT2D eigenvalue weighted by molar-refractivity contribution is -0.147. The Morgan fingerprint density at radius 2 is 2.04 bits per heavy atom. The van der Waals surface area contributed by atoms with E-state index < -0.39 is 12.0 Å². The second-order valence-electron chi connectivity index (χ2n) is 6.84. The molecule has 0 spiro atoms. The number of pyridine rings is 1. The average Bonchev–Trinajstić information content (AvgIpc) is 3.10. The number of carboxylic acids is 1. The molecule has 138 valence electrons. The van der Waals surface area contributed by atoms with Gasteiger partial charge in [-0.1, -0.05) is 24.6 Å². The van der Waals surface area contributed by atoms with Crippen LogP contribution in [0, 0.1) is 11.3 Å². The van der Waals surface area contributed by atoms with Gasteiger partial charge in [0, 0.05) is 12.2 Å². The smallest absolute Gasteiger partial charge is 0.326 e. The van der Waals surface area contributed by atoms with Gasteiger partial charge in [0.15, 0.2) is 0 Å². The number of aliphatic carboxylic acids is 1. The molecule has 7 heteroatoms. The first kappa shape index (κ1) is 18.7. The summed E-state index contributed by atoms with van der Waals surface area (Å²) < 4.78 is 0. The van der Waals surface area contributed by atoms with E-state index in [1.807, 2.05) is 6.07 Å². The molecule has 3 rings (SSSR count). The molecule has 26 heavy (non-hydrogen) atoms. The van der Waals surface area contributed by atoms with Gasteiger partial charge in [0.05, 0.1) is 11.3 Å². The van der Waals surface area contributed by atoms with Gasteiger partial charge in [0.2, 0.25) is 5.91 Å². The summed E-state index contributed by atoms with van der Waals surface area (Å²) >= 11 is 1.25. The van der Waals surface area contributed by atoms with E-state index in [4.69, 9.17) is 4.98 Å². The Labute approximate surface area is 157 Å². The number of thioether (sulfide) groups is 1. The minimum Gasteiger partial charge on any atom is -0.480 e. The van der Waals surface area contributed by atoms with Crippen LogP contribution in [0.1, 0.15) is 55.3 Å². The third-order valence-electron chi connectivity index (χ3n) is 5.08. The third kappa shape index (κ3) is 4.18. The Hall–Kier alpha value is -2.07. The molecular weight excluding hydrogens is 350 g/mol. The highest BCUT2D eigenvalue weighted by molar-refractivity contribution is 8.00. The number of carboxylic acid groups (broad SMARTS) is 1. The lowest BCUT2D eigenvalue weighted by atomic mass is 9.96. The van der Waals surface area contributed by atoms with Gasteiger partial charge in [-0.3, -0.25) is 4.79 Å². The maximum Gasteiger partial charge on any atom is 0.326 e. The number of likely N-dealkylation sites (tertiary alicyclic amines) is 1. The standard InChI is InChI=1S/C19H23N3O3S/c20-11-14-10-13-6-3-1-2-4-7-15(13)21-18(14)26-12-17(23)22-9-5-8-16(22)19(24)25/h10,16H,1-9,12H2,(H,24,25)/t16-/m0/s1. The number of carbonyl (C=O) groups excluding carboxylic acids is 1. The fraction of sp³-hybridized carbons (Fsp3) is 0.579. The number of amides is 1. The van der Waals surface area contributed by atoms with Crippen molar-refractivity contribution in [1.29, 1.82) is 5.26 Å². The van der Waals surface area contributed by atoms with Crippen LogP contribution in [0.15, 0.2) is 11.1 Å². The number of fused-ring (bicyclic) bond motifs is 1. The maximum absolute atomic E-state index is 12.5. The van der Waals surface area contributed by atoms with Gasteiger partial charge in [0.25, 0.3) is 0 Å². The van der Waals surface area contributed by atoms with Gasteiger partial charge in [-0.2, -0.15) is 5.26 Å². The number of aromatic nitrogens is 1. The molecule has 6 nitrogen and oxygen atoms in total. The van der Waals surface area contributed by atoms with Gasteiger partial charge in [-0.25, -0.2) is 9.78 Å². The Morgan fingerprint density at radius 1 is 1.27 bits per heavy atom. The second kappa shape index (κ2) is 8.54. The molecule has 1 aliphatic heterocycles. The van der Waals surface area contributed by atoms with Crippen LogP contribution >= 0.6 is 11.8 Å². The van der Waals surface area contributed by atoms with Crippen LogP contribution in [0.3, 0.4) is 0 Å². The minimum atomic E-state index is -0.946. The summed E-state index contributed by atoms with van der Waals surface area (Å²) in [4.78, 5) is 29.8. The molecule has 0 aromatic carbocycles. The van der Waals surface area contributed by atoms with Gasteiger partial charge >= 0.3 is 5.97 Å². The summed E-state index contributed by atoms with van der Waals surface area (Å²) in [5.74, 6) is -1.03. The number of aryl methyl sites for hydroxylation is 2. The Morgan fingerprint density at radius 3 is 2.77 bits per heavy atom. The molecule has 1 aliphatic carbocycles. The minimum absolute atomic E-state index is 0.115. The first-order valence-electron chi connectivity index (χ1n) is 9.18. The van der Waals surface area contributed by atoms with Gasteiger partial charge < -0.3 is 10.0 Å². The van der Waals surface area contributed by atoms with E-state index in [1.54, 1.807) is 0 Å². The maximum atomic E-state index is 12.5. The Balaban J connectivity index is 1.73. The Kier molecular flexibility index (Phi) is 6.15.